The second-order valence-electron chi connectivity index (χ2n) is 2.77. The first kappa shape index (κ1) is 12.9. The molecule has 0 aromatic carbocycles. The maximum atomic E-state index is 2.26. The molecule has 0 amide bonds. The van der Waals surface area contributed by atoms with Crippen LogP contribution in [0.15, 0.2) is 0 Å². The third kappa shape index (κ3) is 11.1. The first-order valence-corrected chi connectivity index (χ1v) is 4.41. The van der Waals surface area contributed by atoms with Crippen molar-refractivity contribution >= 4 is 12.4 Å². The Morgan fingerprint density at radius 2 is 0.900 bits per heavy atom. The predicted molar refractivity (Wildman–Crippen MR) is 50.9 cm³/mol. The molecular formula is C9H21Cl. The molecule has 0 N–H and O–H groups in total. The zero-order chi connectivity index (χ0) is 6.95. The average molecular weight is 165 g/mol. The molecular weight excluding hydrogens is 144 g/mol. The first-order valence-electron chi connectivity index (χ1n) is 4.41. The molecule has 0 saturated heterocycles. The van der Waals surface area contributed by atoms with Crippen molar-refractivity contribution in [1.82, 2.24) is 0 Å². The van der Waals surface area contributed by atoms with Gasteiger partial charge in [0, 0.05) is 0 Å². The molecule has 0 saturated carbocycles. The molecule has 0 unspecified atom stereocenters. The lowest BCUT2D eigenvalue weighted by molar-refractivity contribution is 0.602. The van der Waals surface area contributed by atoms with Crippen molar-refractivity contribution in [2.45, 2.75) is 58.8 Å². The number of hydrogen-bond acceptors (Lipinski definition) is 0. The number of rotatable bonds is 6. The molecule has 0 aliphatic heterocycles. The fraction of sp³-hybridized carbons (Fsp3) is 1.00. The van der Waals surface area contributed by atoms with E-state index in [0.717, 1.165) is 0 Å². The van der Waals surface area contributed by atoms with E-state index in [1.54, 1.807) is 0 Å². The Morgan fingerprint density at radius 1 is 0.600 bits per heavy atom. The molecule has 0 radical (unpaired) electrons. The summed E-state index contributed by atoms with van der Waals surface area (Å²) >= 11 is 0. The Hall–Kier alpha value is 0.290. The highest BCUT2D eigenvalue weighted by molar-refractivity contribution is 5.85. The Bertz CT molecular complexity index is 38.0. The predicted octanol–water partition coefficient (Wildman–Crippen LogP) is 4.18. The Kier molecular flexibility index (Phi) is 15.5. The van der Waals surface area contributed by atoms with E-state index in [4.69, 9.17) is 0 Å². The first-order chi connectivity index (χ1) is 4.41. The summed E-state index contributed by atoms with van der Waals surface area (Å²) in [6.45, 7) is 4.53. The largest absolute Gasteiger partial charge is 0.147 e. The summed E-state index contributed by atoms with van der Waals surface area (Å²) < 4.78 is 0. The van der Waals surface area contributed by atoms with Gasteiger partial charge in [0.2, 0.25) is 0 Å². The van der Waals surface area contributed by atoms with Crippen LogP contribution in [0.5, 0.6) is 0 Å². The van der Waals surface area contributed by atoms with E-state index in [1.165, 1.54) is 44.9 Å². The third-order valence-corrected chi connectivity index (χ3v) is 1.71. The van der Waals surface area contributed by atoms with E-state index in [2.05, 4.69) is 13.8 Å². The van der Waals surface area contributed by atoms with Gasteiger partial charge in [-0.2, -0.15) is 0 Å². The molecule has 0 aromatic heterocycles. The van der Waals surface area contributed by atoms with Gasteiger partial charge in [-0.15, -0.1) is 12.4 Å². The van der Waals surface area contributed by atoms with E-state index in [0.29, 0.717) is 0 Å². The van der Waals surface area contributed by atoms with Crippen molar-refractivity contribution in [2.24, 2.45) is 0 Å². The van der Waals surface area contributed by atoms with E-state index >= 15 is 0 Å². The Labute approximate surface area is 71.8 Å². The van der Waals surface area contributed by atoms with Crippen LogP contribution in [0.3, 0.4) is 0 Å². The number of unbranched alkanes of at least 4 members (excludes halogenated alkanes) is 6. The topological polar surface area (TPSA) is 0 Å². The lowest BCUT2D eigenvalue weighted by atomic mass is 10.1. The lowest BCUT2D eigenvalue weighted by Crippen LogP contribution is -1.76. The molecule has 0 heterocycles. The highest BCUT2D eigenvalue weighted by atomic mass is 35.5. The van der Waals surface area contributed by atoms with Crippen LogP contribution in [0.4, 0.5) is 0 Å². The van der Waals surface area contributed by atoms with Crippen LogP contribution in [-0.2, 0) is 0 Å². The molecule has 64 valence electrons. The van der Waals surface area contributed by atoms with Gasteiger partial charge in [0.05, 0.1) is 0 Å². The molecule has 0 aliphatic carbocycles. The summed E-state index contributed by atoms with van der Waals surface area (Å²) in [6.07, 6.45) is 9.97. The van der Waals surface area contributed by atoms with E-state index < -0.39 is 0 Å². The molecule has 10 heavy (non-hydrogen) atoms. The minimum absolute atomic E-state index is 0. The fourth-order valence-electron chi connectivity index (χ4n) is 1.03. The van der Waals surface area contributed by atoms with Crippen LogP contribution in [0.1, 0.15) is 58.8 Å². The minimum Gasteiger partial charge on any atom is -0.147 e. The van der Waals surface area contributed by atoms with Gasteiger partial charge in [-0.3, -0.25) is 0 Å². The van der Waals surface area contributed by atoms with Crippen LogP contribution in [-0.4, -0.2) is 0 Å². The van der Waals surface area contributed by atoms with Crippen LogP contribution in [0.2, 0.25) is 0 Å². The third-order valence-electron chi connectivity index (χ3n) is 1.71. The quantitative estimate of drug-likeness (QED) is 0.517. The minimum atomic E-state index is 0. The summed E-state index contributed by atoms with van der Waals surface area (Å²) in [5, 5.41) is 0. The van der Waals surface area contributed by atoms with E-state index in [1.807, 2.05) is 0 Å². The molecule has 0 fully saturated rings. The summed E-state index contributed by atoms with van der Waals surface area (Å²) in [4.78, 5) is 0. The van der Waals surface area contributed by atoms with Gasteiger partial charge in [0.15, 0.2) is 0 Å². The maximum absolute atomic E-state index is 2.26. The van der Waals surface area contributed by atoms with Gasteiger partial charge in [0.25, 0.3) is 0 Å². The molecule has 0 aromatic rings. The SMILES string of the molecule is CCCCCCCCC.Cl. The van der Waals surface area contributed by atoms with Crippen molar-refractivity contribution in [3.8, 4) is 0 Å². The molecule has 0 bridgehead atoms. The van der Waals surface area contributed by atoms with E-state index in [-0.39, 0.29) is 12.4 Å². The molecule has 1 heteroatoms. The fourth-order valence-corrected chi connectivity index (χ4v) is 1.03. The Morgan fingerprint density at radius 3 is 1.20 bits per heavy atom. The van der Waals surface area contributed by atoms with Gasteiger partial charge >= 0.3 is 0 Å². The number of hydrogen-bond donors (Lipinski definition) is 0. The molecule has 0 atom stereocenters. The van der Waals surface area contributed by atoms with Crippen LogP contribution in [0.25, 0.3) is 0 Å². The smallest absolute Gasteiger partial charge is 0.0533 e. The monoisotopic (exact) mass is 164 g/mol. The summed E-state index contributed by atoms with van der Waals surface area (Å²) in [5.41, 5.74) is 0. The van der Waals surface area contributed by atoms with Gasteiger partial charge in [-0.1, -0.05) is 58.8 Å². The highest BCUT2D eigenvalue weighted by Gasteiger charge is 1.85. The standard InChI is InChI=1S/C9H20.ClH/c1-3-5-7-9-8-6-4-2;/h3-9H2,1-2H3;1H. The lowest BCUT2D eigenvalue weighted by Gasteiger charge is -1.96. The van der Waals surface area contributed by atoms with Crippen molar-refractivity contribution in [2.75, 3.05) is 0 Å². The second-order valence-corrected chi connectivity index (χ2v) is 2.77. The normalized spacial score (nSPS) is 9.00. The summed E-state index contributed by atoms with van der Waals surface area (Å²) in [7, 11) is 0. The van der Waals surface area contributed by atoms with Crippen LogP contribution >= 0.6 is 12.4 Å². The molecule has 0 aliphatic rings. The second kappa shape index (κ2) is 12.0. The highest BCUT2D eigenvalue weighted by Crippen LogP contribution is 2.05. The molecule has 0 nitrogen and oxygen atoms in total. The van der Waals surface area contributed by atoms with Crippen molar-refractivity contribution in [1.29, 1.82) is 0 Å². The number of halogens is 1. The molecule has 0 rings (SSSR count). The Balaban J connectivity index is 0. The summed E-state index contributed by atoms with van der Waals surface area (Å²) in [6, 6.07) is 0. The summed E-state index contributed by atoms with van der Waals surface area (Å²) in [5.74, 6) is 0. The van der Waals surface area contributed by atoms with Crippen LogP contribution < -0.4 is 0 Å². The van der Waals surface area contributed by atoms with E-state index in [9.17, 15) is 0 Å². The van der Waals surface area contributed by atoms with Crippen molar-refractivity contribution in [3.05, 3.63) is 0 Å². The average Bonchev–Trinajstić information content (AvgIpc) is 1.89. The van der Waals surface area contributed by atoms with Gasteiger partial charge in [-0.05, 0) is 0 Å². The van der Waals surface area contributed by atoms with Crippen molar-refractivity contribution in [3.63, 3.8) is 0 Å². The van der Waals surface area contributed by atoms with Gasteiger partial charge in [-0.25, -0.2) is 0 Å². The zero-order valence-corrected chi connectivity index (χ0v) is 8.17. The van der Waals surface area contributed by atoms with Crippen molar-refractivity contribution < 1.29 is 0 Å². The maximum Gasteiger partial charge on any atom is -0.0533 e. The van der Waals surface area contributed by atoms with Gasteiger partial charge in [0.1, 0.15) is 0 Å². The van der Waals surface area contributed by atoms with Gasteiger partial charge < -0.3 is 0 Å². The molecule has 0 spiro atoms. The zero-order valence-electron chi connectivity index (χ0n) is 7.36. The van der Waals surface area contributed by atoms with Crippen LogP contribution in [0, 0.1) is 0 Å².